The van der Waals surface area contributed by atoms with Crippen LogP contribution in [0.4, 0.5) is 17.1 Å². The number of fused-ring (bicyclic) bond motifs is 1. The van der Waals surface area contributed by atoms with Gasteiger partial charge in [-0.3, -0.25) is 0 Å². The summed E-state index contributed by atoms with van der Waals surface area (Å²) in [7, 11) is 0. The molecule has 1 aromatic heterocycles. The molecule has 3 rings (SSSR count). The van der Waals surface area contributed by atoms with E-state index >= 15 is 0 Å². The summed E-state index contributed by atoms with van der Waals surface area (Å²) >= 11 is 4.76. The van der Waals surface area contributed by atoms with Crippen molar-refractivity contribution in [3.05, 3.63) is 38.5 Å². The van der Waals surface area contributed by atoms with Crippen LogP contribution in [0.2, 0.25) is 0 Å². The molecule has 0 saturated heterocycles. The molecule has 0 aliphatic carbocycles. The Balaban J connectivity index is 1.88. The van der Waals surface area contributed by atoms with E-state index in [1.165, 1.54) is 11.3 Å². The predicted octanol–water partition coefficient (Wildman–Crippen LogP) is 4.42. The molecular weight excluding hydrogens is 393 g/mol. The number of nitrogens with one attached hydrogen (secondary N) is 1. The number of halogens is 1. The molecule has 2 heterocycles. The molecule has 0 spiro atoms. The Morgan fingerprint density at radius 2 is 2.26 bits per heavy atom. The molecule has 0 unspecified atom stereocenters. The van der Waals surface area contributed by atoms with Crippen LogP contribution in [0.1, 0.15) is 15.2 Å². The molecule has 1 N–H and O–H groups in total. The van der Waals surface area contributed by atoms with Crippen LogP contribution in [0.3, 0.4) is 0 Å². The number of thiophene rings is 1. The molecule has 2 aromatic rings. The molecule has 7 heteroatoms. The fourth-order valence-corrected chi connectivity index (χ4v) is 4.25. The summed E-state index contributed by atoms with van der Waals surface area (Å²) in [4.78, 5) is 12.9. The number of carbonyl (C=O) groups is 1. The van der Waals surface area contributed by atoms with Gasteiger partial charge in [0.05, 0.1) is 0 Å². The van der Waals surface area contributed by atoms with E-state index in [1.54, 1.807) is 0 Å². The normalized spacial score (nSPS) is 12.1. The van der Waals surface area contributed by atoms with E-state index in [4.69, 9.17) is 0 Å². The fourth-order valence-electron chi connectivity index (χ4n) is 1.66. The standard InChI is InChI=1S/C12H8BrN3OSSe/c1-6-5-9(18-11(6)13)12(17)14-7-3-2-4-8-10(7)16-19-15-8/h2-5H,1H3,(H,14,17). The topological polar surface area (TPSA) is 53.8 Å². The first kappa shape index (κ1) is 13.0. The average molecular weight is 401 g/mol. The van der Waals surface area contributed by atoms with Gasteiger partial charge < -0.3 is 0 Å². The minimum atomic E-state index is -0.109. The molecule has 96 valence electrons. The average Bonchev–Trinajstić information content (AvgIpc) is 2.98. The van der Waals surface area contributed by atoms with Crippen molar-refractivity contribution in [1.29, 1.82) is 0 Å². The number of rotatable bonds is 2. The third-order valence-electron chi connectivity index (χ3n) is 2.62. The van der Waals surface area contributed by atoms with E-state index in [9.17, 15) is 4.79 Å². The number of hydrogen-bond acceptors (Lipinski definition) is 4. The monoisotopic (exact) mass is 401 g/mol. The molecule has 4 nitrogen and oxygen atoms in total. The van der Waals surface area contributed by atoms with Gasteiger partial charge in [0.25, 0.3) is 0 Å². The van der Waals surface area contributed by atoms with Gasteiger partial charge in [-0.2, -0.15) is 0 Å². The summed E-state index contributed by atoms with van der Waals surface area (Å²) in [6, 6.07) is 7.52. The van der Waals surface area contributed by atoms with Crippen molar-refractivity contribution < 1.29 is 4.79 Å². The van der Waals surface area contributed by atoms with E-state index in [-0.39, 0.29) is 20.5 Å². The molecule has 0 radical (unpaired) electrons. The molecule has 1 aliphatic rings. The summed E-state index contributed by atoms with van der Waals surface area (Å²) in [5, 5.41) is 2.91. The Labute approximate surface area is 128 Å². The second kappa shape index (κ2) is 5.17. The quantitative estimate of drug-likeness (QED) is 0.636. The number of aryl methyl sites for hydroxylation is 1. The summed E-state index contributed by atoms with van der Waals surface area (Å²) in [6.45, 7) is 1.97. The van der Waals surface area contributed by atoms with E-state index in [0.717, 1.165) is 26.4 Å². The molecule has 0 bridgehead atoms. The van der Waals surface area contributed by atoms with Crippen molar-refractivity contribution in [2.45, 2.75) is 6.92 Å². The Kier molecular flexibility index (Phi) is 3.54. The van der Waals surface area contributed by atoms with Crippen LogP contribution >= 0.6 is 27.3 Å². The van der Waals surface area contributed by atoms with Crippen molar-refractivity contribution in [2.75, 3.05) is 5.32 Å². The van der Waals surface area contributed by atoms with Crippen molar-refractivity contribution in [1.82, 2.24) is 0 Å². The van der Waals surface area contributed by atoms with Crippen LogP contribution in [0.25, 0.3) is 0 Å². The number of amides is 1. The molecule has 19 heavy (non-hydrogen) atoms. The van der Waals surface area contributed by atoms with E-state index in [1.807, 2.05) is 31.2 Å². The summed E-state index contributed by atoms with van der Waals surface area (Å²) in [5.74, 6) is -0.109. The maximum absolute atomic E-state index is 12.2. The van der Waals surface area contributed by atoms with E-state index in [2.05, 4.69) is 29.2 Å². The van der Waals surface area contributed by atoms with Crippen LogP contribution in [0.15, 0.2) is 36.0 Å². The minimum absolute atomic E-state index is 0.0916. The maximum atomic E-state index is 12.2. The molecule has 0 atom stereocenters. The number of nitrogens with zero attached hydrogens (tertiary/aromatic N) is 2. The van der Waals surface area contributed by atoms with Gasteiger partial charge in [-0.1, -0.05) is 0 Å². The molecule has 0 saturated carbocycles. The third kappa shape index (κ3) is 2.51. The van der Waals surface area contributed by atoms with Gasteiger partial charge in [0.1, 0.15) is 0 Å². The molecule has 0 fully saturated rings. The van der Waals surface area contributed by atoms with Gasteiger partial charge >= 0.3 is 128 Å². The Morgan fingerprint density at radius 1 is 1.42 bits per heavy atom. The SMILES string of the molecule is Cc1cc(C(=O)Nc2cccc3c2N=[Se]=N3)sc1Br. The fraction of sp³-hybridized carbons (Fsp3) is 0.0833. The van der Waals surface area contributed by atoms with E-state index < -0.39 is 0 Å². The number of carbonyl (C=O) groups excluding carboxylic acids is 1. The zero-order chi connectivity index (χ0) is 13.4. The van der Waals surface area contributed by atoms with Gasteiger partial charge in [-0.15, -0.1) is 0 Å². The van der Waals surface area contributed by atoms with Crippen molar-refractivity contribution in [3.8, 4) is 0 Å². The number of anilines is 1. The number of benzene rings is 1. The predicted molar refractivity (Wildman–Crippen MR) is 81.1 cm³/mol. The van der Waals surface area contributed by atoms with Crippen LogP contribution in [-0.2, 0) is 0 Å². The molecular formula is C12H8BrN3OSSe. The Hall–Kier alpha value is -1.01. The van der Waals surface area contributed by atoms with Gasteiger partial charge in [-0.05, 0) is 0 Å². The Morgan fingerprint density at radius 3 is 3.00 bits per heavy atom. The summed E-state index contributed by atoms with van der Waals surface area (Å²) < 4.78 is 9.63. The van der Waals surface area contributed by atoms with Gasteiger partial charge in [-0.25, -0.2) is 0 Å². The van der Waals surface area contributed by atoms with Gasteiger partial charge in [0.2, 0.25) is 0 Å². The van der Waals surface area contributed by atoms with E-state index in [0.29, 0.717) is 4.88 Å². The first-order valence-corrected chi connectivity index (χ1v) is 8.58. The van der Waals surface area contributed by atoms with Crippen molar-refractivity contribution >= 4 is 64.8 Å². The molecule has 1 aliphatic heterocycles. The second-order valence-corrected chi connectivity index (χ2v) is 7.44. The third-order valence-corrected chi connectivity index (χ3v) is 5.89. The molecule has 1 amide bonds. The van der Waals surface area contributed by atoms with Crippen LogP contribution in [0.5, 0.6) is 0 Å². The Bertz CT molecular complexity index is 730. The van der Waals surface area contributed by atoms with Gasteiger partial charge in [0, 0.05) is 0 Å². The first-order valence-electron chi connectivity index (χ1n) is 5.44. The van der Waals surface area contributed by atoms with Crippen LogP contribution in [0, 0.1) is 6.92 Å². The summed E-state index contributed by atoms with van der Waals surface area (Å²) in [6.07, 6.45) is 0. The van der Waals surface area contributed by atoms with Crippen LogP contribution in [-0.4, -0.2) is 20.5 Å². The summed E-state index contributed by atoms with van der Waals surface area (Å²) in [5.41, 5.74) is 3.45. The van der Waals surface area contributed by atoms with Gasteiger partial charge in [0.15, 0.2) is 0 Å². The zero-order valence-electron chi connectivity index (χ0n) is 9.81. The molecule has 1 aromatic carbocycles. The second-order valence-electron chi connectivity index (χ2n) is 3.96. The zero-order valence-corrected chi connectivity index (χ0v) is 13.9. The first-order chi connectivity index (χ1) is 9.15. The van der Waals surface area contributed by atoms with Crippen molar-refractivity contribution in [2.24, 2.45) is 7.92 Å². The van der Waals surface area contributed by atoms with Crippen LogP contribution < -0.4 is 5.32 Å². The number of hydrogen-bond donors (Lipinski definition) is 1. The van der Waals surface area contributed by atoms with Crippen molar-refractivity contribution in [3.63, 3.8) is 0 Å².